The predicted molar refractivity (Wildman–Crippen MR) is 126 cm³/mol. The number of amides is 2. The summed E-state index contributed by atoms with van der Waals surface area (Å²) in [5.74, 6) is -0.497. The van der Waals surface area contributed by atoms with Crippen LogP contribution in [-0.4, -0.2) is 33.0 Å². The molecule has 0 bridgehead atoms. The van der Waals surface area contributed by atoms with Crippen molar-refractivity contribution >= 4 is 23.4 Å². The number of carbonyl (C=O) groups is 2. The van der Waals surface area contributed by atoms with E-state index in [0.717, 1.165) is 42.5 Å². The summed E-state index contributed by atoms with van der Waals surface area (Å²) in [5.41, 5.74) is 9.08. The third-order valence-electron chi connectivity index (χ3n) is 5.91. The largest absolute Gasteiger partial charge is 0.366 e. The van der Waals surface area contributed by atoms with Crippen molar-refractivity contribution in [1.29, 1.82) is 0 Å². The molecule has 0 spiro atoms. The van der Waals surface area contributed by atoms with E-state index in [1.54, 1.807) is 12.1 Å². The Labute approximate surface area is 193 Å². The van der Waals surface area contributed by atoms with Crippen molar-refractivity contribution in [2.24, 2.45) is 5.73 Å². The van der Waals surface area contributed by atoms with Crippen LogP contribution in [0.5, 0.6) is 0 Å². The van der Waals surface area contributed by atoms with Crippen molar-refractivity contribution < 1.29 is 9.59 Å². The zero-order chi connectivity index (χ0) is 22.7. The highest BCUT2D eigenvalue weighted by molar-refractivity contribution is 6.30. The third kappa shape index (κ3) is 4.70. The molecule has 3 aromatic rings. The number of unbranched alkanes of at least 4 members (excludes halogenated alkanes) is 2. The first-order chi connectivity index (χ1) is 15.5. The van der Waals surface area contributed by atoms with E-state index in [1.807, 2.05) is 52.0 Å². The van der Waals surface area contributed by atoms with Gasteiger partial charge < -0.3 is 10.6 Å². The van der Waals surface area contributed by atoms with Crippen molar-refractivity contribution in [1.82, 2.24) is 14.7 Å². The first-order valence-electron chi connectivity index (χ1n) is 11.0. The number of rotatable bonds is 8. The molecule has 2 N–H and O–H groups in total. The monoisotopic (exact) mass is 450 g/mol. The summed E-state index contributed by atoms with van der Waals surface area (Å²) in [4.78, 5) is 26.6. The van der Waals surface area contributed by atoms with Gasteiger partial charge in [-0.25, -0.2) is 0 Å². The molecular formula is C25H27ClN4O2. The molecule has 2 heterocycles. The van der Waals surface area contributed by atoms with Crippen LogP contribution in [0.25, 0.3) is 11.3 Å². The predicted octanol–water partition coefficient (Wildman–Crippen LogP) is 5.08. The van der Waals surface area contributed by atoms with Gasteiger partial charge in [-0.2, -0.15) is 5.10 Å². The lowest BCUT2D eigenvalue weighted by Crippen LogP contribution is -2.42. The van der Waals surface area contributed by atoms with Gasteiger partial charge in [0.2, 0.25) is 5.91 Å². The minimum Gasteiger partial charge on any atom is -0.366 e. The van der Waals surface area contributed by atoms with Gasteiger partial charge in [-0.15, -0.1) is 0 Å². The Balaban J connectivity index is 1.62. The third-order valence-corrected chi connectivity index (χ3v) is 6.16. The molecule has 7 heteroatoms. The number of fused-ring (bicyclic) bond motifs is 1. The Morgan fingerprint density at radius 1 is 1.12 bits per heavy atom. The van der Waals surface area contributed by atoms with E-state index in [2.05, 4.69) is 6.92 Å². The number of nitrogens with two attached hydrogens (primary N) is 1. The van der Waals surface area contributed by atoms with Crippen LogP contribution in [0.15, 0.2) is 54.6 Å². The molecule has 166 valence electrons. The van der Waals surface area contributed by atoms with E-state index >= 15 is 0 Å². The summed E-state index contributed by atoms with van der Waals surface area (Å²) in [7, 11) is 0. The number of halogens is 1. The molecule has 2 aromatic carbocycles. The lowest BCUT2D eigenvalue weighted by Gasteiger charge is -2.33. The molecule has 1 aliphatic heterocycles. The number of benzene rings is 2. The van der Waals surface area contributed by atoms with Gasteiger partial charge >= 0.3 is 0 Å². The maximum absolute atomic E-state index is 13.3. The summed E-state index contributed by atoms with van der Waals surface area (Å²) in [5, 5.41) is 5.47. The van der Waals surface area contributed by atoms with Crippen LogP contribution < -0.4 is 5.73 Å². The van der Waals surface area contributed by atoms with Crippen molar-refractivity contribution in [3.63, 3.8) is 0 Å². The smallest absolute Gasteiger partial charge is 0.272 e. The number of carbonyl (C=O) groups excluding carboxylic acids is 2. The van der Waals surface area contributed by atoms with Gasteiger partial charge in [-0.05, 0) is 42.3 Å². The fourth-order valence-electron chi connectivity index (χ4n) is 4.15. The molecule has 32 heavy (non-hydrogen) atoms. The Hall–Kier alpha value is -3.12. The molecule has 1 atom stereocenters. The lowest BCUT2D eigenvalue weighted by atomic mass is 10.0. The molecule has 1 aliphatic rings. The highest BCUT2D eigenvalue weighted by atomic mass is 35.5. The van der Waals surface area contributed by atoms with E-state index < -0.39 is 5.91 Å². The first kappa shape index (κ1) is 22.1. The lowest BCUT2D eigenvalue weighted by molar-refractivity contribution is 0.0634. The van der Waals surface area contributed by atoms with E-state index in [0.29, 0.717) is 29.4 Å². The molecule has 2 amide bonds. The van der Waals surface area contributed by atoms with Crippen molar-refractivity contribution in [2.75, 3.05) is 6.54 Å². The second kappa shape index (κ2) is 9.57. The summed E-state index contributed by atoms with van der Waals surface area (Å²) < 4.78 is 1.91. The Morgan fingerprint density at radius 3 is 2.50 bits per heavy atom. The maximum atomic E-state index is 13.3. The average molecular weight is 451 g/mol. The quantitative estimate of drug-likeness (QED) is 0.486. The van der Waals surface area contributed by atoms with Crippen LogP contribution >= 0.6 is 11.6 Å². The van der Waals surface area contributed by atoms with Crippen LogP contribution in [0.4, 0.5) is 0 Å². The van der Waals surface area contributed by atoms with E-state index in [-0.39, 0.29) is 11.9 Å². The molecule has 0 saturated heterocycles. The van der Waals surface area contributed by atoms with Gasteiger partial charge in [0.05, 0.1) is 11.7 Å². The normalized spacial score (nSPS) is 15.6. The number of hydrogen-bond acceptors (Lipinski definition) is 3. The van der Waals surface area contributed by atoms with E-state index in [9.17, 15) is 9.59 Å². The summed E-state index contributed by atoms with van der Waals surface area (Å²) >= 11 is 6.03. The molecule has 0 aliphatic carbocycles. The van der Waals surface area contributed by atoms with Gasteiger partial charge in [-0.3, -0.25) is 14.3 Å². The molecule has 4 rings (SSSR count). The number of primary amides is 1. The van der Waals surface area contributed by atoms with Crippen molar-refractivity contribution in [3.8, 4) is 11.3 Å². The van der Waals surface area contributed by atoms with Crippen LogP contribution in [0.3, 0.4) is 0 Å². The van der Waals surface area contributed by atoms with E-state index in [1.165, 1.54) is 0 Å². The summed E-state index contributed by atoms with van der Waals surface area (Å²) in [6.45, 7) is 3.27. The van der Waals surface area contributed by atoms with Gasteiger partial charge in [0, 0.05) is 29.2 Å². The molecule has 0 radical (unpaired) electrons. The van der Waals surface area contributed by atoms with Crippen molar-refractivity contribution in [3.05, 3.63) is 76.4 Å². The zero-order valence-electron chi connectivity index (χ0n) is 18.1. The van der Waals surface area contributed by atoms with Crippen LogP contribution in [0, 0.1) is 0 Å². The molecular weight excluding hydrogens is 424 g/mol. The average Bonchev–Trinajstić information content (AvgIpc) is 3.24. The van der Waals surface area contributed by atoms with Crippen LogP contribution in [0.2, 0.25) is 5.02 Å². The Kier molecular flexibility index (Phi) is 6.61. The summed E-state index contributed by atoms with van der Waals surface area (Å²) in [6.07, 6.45) is 4.35. The van der Waals surface area contributed by atoms with Gasteiger partial charge in [0.15, 0.2) is 0 Å². The first-order valence-corrected chi connectivity index (χ1v) is 11.4. The fourth-order valence-corrected chi connectivity index (χ4v) is 4.27. The molecule has 1 unspecified atom stereocenters. The van der Waals surface area contributed by atoms with E-state index in [4.69, 9.17) is 22.4 Å². The van der Waals surface area contributed by atoms with Gasteiger partial charge in [-0.1, -0.05) is 62.1 Å². The van der Waals surface area contributed by atoms with Crippen molar-refractivity contribution in [2.45, 2.75) is 45.2 Å². The Bertz CT molecular complexity index is 1110. The molecule has 0 fully saturated rings. The minimum absolute atomic E-state index is 0.0385. The number of nitrogens with zero attached hydrogens (tertiary/aromatic N) is 3. The van der Waals surface area contributed by atoms with Gasteiger partial charge in [0.25, 0.3) is 5.91 Å². The summed E-state index contributed by atoms with van der Waals surface area (Å²) in [6, 6.07) is 16.6. The standard InChI is InChI=1S/C25H27ClN4O2/c1-2-3-4-5-21-16-29(15-17-6-8-19(9-7-17)24(27)31)25(32)23-14-22(28-30(21)23)18-10-12-20(26)13-11-18/h6-14,21H,2-5,15-16H2,1H3,(H2,27,31). The van der Waals surface area contributed by atoms with Crippen LogP contribution in [-0.2, 0) is 6.54 Å². The zero-order valence-corrected chi connectivity index (χ0v) is 18.9. The minimum atomic E-state index is -0.458. The van der Waals surface area contributed by atoms with Gasteiger partial charge in [0.1, 0.15) is 5.69 Å². The molecule has 6 nitrogen and oxygen atoms in total. The topological polar surface area (TPSA) is 81.2 Å². The highest BCUT2D eigenvalue weighted by Crippen LogP contribution is 2.30. The fraction of sp³-hybridized carbons (Fsp3) is 0.320. The van der Waals surface area contributed by atoms with Crippen LogP contribution in [0.1, 0.15) is 65.1 Å². The highest BCUT2D eigenvalue weighted by Gasteiger charge is 2.32. The second-order valence-corrected chi connectivity index (χ2v) is 8.70. The maximum Gasteiger partial charge on any atom is 0.272 e. The second-order valence-electron chi connectivity index (χ2n) is 8.26. The SMILES string of the molecule is CCCCCC1CN(Cc2ccc(C(N)=O)cc2)C(=O)c2cc(-c3ccc(Cl)cc3)nn21. The Morgan fingerprint density at radius 2 is 1.84 bits per heavy atom. The number of hydrogen-bond donors (Lipinski definition) is 1. The molecule has 0 saturated carbocycles. The molecule has 1 aromatic heterocycles. The number of aromatic nitrogens is 2.